The lowest BCUT2D eigenvalue weighted by Crippen LogP contribution is -2.24. The van der Waals surface area contributed by atoms with Gasteiger partial charge in [-0.2, -0.15) is 0 Å². The van der Waals surface area contributed by atoms with Crippen LogP contribution in [0.2, 0.25) is 0 Å². The number of hydrogen-bond acceptors (Lipinski definition) is 4. The van der Waals surface area contributed by atoms with Gasteiger partial charge in [0.25, 0.3) is 0 Å². The molecule has 0 saturated heterocycles. The van der Waals surface area contributed by atoms with E-state index >= 15 is 0 Å². The normalized spacial score (nSPS) is 23.7. The summed E-state index contributed by atoms with van der Waals surface area (Å²) in [6.45, 7) is 6.36. The first-order valence-electron chi connectivity index (χ1n) is 7.09. The third kappa shape index (κ3) is 3.59. The molecule has 2 N–H and O–H groups in total. The van der Waals surface area contributed by atoms with Crippen molar-refractivity contribution in [1.29, 1.82) is 0 Å². The van der Waals surface area contributed by atoms with Crippen molar-refractivity contribution in [1.82, 2.24) is 9.97 Å². The summed E-state index contributed by atoms with van der Waals surface area (Å²) in [4.78, 5) is 8.45. The van der Waals surface area contributed by atoms with Crippen molar-refractivity contribution < 1.29 is 0 Å². The molecule has 1 aromatic heterocycles. The number of hydrogen-bond donors (Lipinski definition) is 2. The fraction of sp³-hybridized carbons (Fsp3) is 0.714. The number of rotatable bonds is 5. The summed E-state index contributed by atoms with van der Waals surface area (Å²) in [5.41, 5.74) is 0. The Labute approximate surface area is 110 Å². The van der Waals surface area contributed by atoms with Gasteiger partial charge in [-0.1, -0.05) is 26.2 Å². The molecule has 1 aliphatic rings. The van der Waals surface area contributed by atoms with Crippen molar-refractivity contribution in [3.63, 3.8) is 0 Å². The highest BCUT2D eigenvalue weighted by Crippen LogP contribution is 2.29. The van der Waals surface area contributed by atoms with Crippen molar-refractivity contribution >= 4 is 11.6 Å². The molecule has 1 fully saturated rings. The first kappa shape index (κ1) is 13.1. The second-order valence-corrected chi connectivity index (χ2v) is 5.22. The third-order valence-corrected chi connectivity index (χ3v) is 3.86. The monoisotopic (exact) mass is 248 g/mol. The van der Waals surface area contributed by atoms with E-state index in [1.165, 1.54) is 25.7 Å². The average molecular weight is 248 g/mol. The maximum absolute atomic E-state index is 4.27. The summed E-state index contributed by atoms with van der Waals surface area (Å²) < 4.78 is 0. The Kier molecular flexibility index (Phi) is 4.79. The zero-order valence-electron chi connectivity index (χ0n) is 11.4. The summed E-state index contributed by atoms with van der Waals surface area (Å²) in [6, 6.07) is 1.98. The zero-order valence-corrected chi connectivity index (χ0v) is 11.4. The van der Waals surface area contributed by atoms with Crippen LogP contribution in [0.25, 0.3) is 0 Å². The van der Waals surface area contributed by atoms with Crippen LogP contribution in [0.4, 0.5) is 11.6 Å². The quantitative estimate of drug-likeness (QED) is 0.840. The molecule has 0 spiro atoms. The van der Waals surface area contributed by atoms with Crippen LogP contribution in [0, 0.1) is 11.8 Å². The predicted molar refractivity (Wildman–Crippen MR) is 75.8 cm³/mol. The fourth-order valence-corrected chi connectivity index (χ4v) is 2.66. The molecule has 0 amide bonds. The summed E-state index contributed by atoms with van der Waals surface area (Å²) in [7, 11) is 0. The Morgan fingerprint density at radius 1 is 1.17 bits per heavy atom. The van der Waals surface area contributed by atoms with Crippen LogP contribution in [0.5, 0.6) is 0 Å². The van der Waals surface area contributed by atoms with E-state index in [-0.39, 0.29) is 0 Å². The van der Waals surface area contributed by atoms with Gasteiger partial charge in [0.05, 0.1) is 0 Å². The molecule has 1 saturated carbocycles. The summed E-state index contributed by atoms with van der Waals surface area (Å²) >= 11 is 0. The predicted octanol–water partition coefficient (Wildman–Crippen LogP) is 3.15. The van der Waals surface area contributed by atoms with Gasteiger partial charge >= 0.3 is 0 Å². The molecule has 1 aliphatic carbocycles. The maximum Gasteiger partial charge on any atom is 0.131 e. The van der Waals surface area contributed by atoms with Gasteiger partial charge in [0, 0.05) is 19.2 Å². The Hall–Kier alpha value is -1.32. The highest BCUT2D eigenvalue weighted by Gasteiger charge is 2.20. The van der Waals surface area contributed by atoms with E-state index in [1.807, 2.05) is 6.07 Å². The standard InChI is InChI=1S/C14H24N4/c1-3-15-13-8-14(18-10-17-13)16-9-12-7-5-4-6-11(12)2/h8,10-12H,3-7,9H2,1-2H3,(H2,15,16,17,18). The Balaban J connectivity index is 1.87. The van der Waals surface area contributed by atoms with Crippen molar-refractivity contribution in [2.24, 2.45) is 11.8 Å². The molecule has 0 bridgehead atoms. The first-order valence-corrected chi connectivity index (χ1v) is 7.09. The molecule has 0 aliphatic heterocycles. The number of nitrogens with one attached hydrogen (secondary N) is 2. The summed E-state index contributed by atoms with van der Waals surface area (Å²) in [5.74, 6) is 3.45. The van der Waals surface area contributed by atoms with Crippen LogP contribution in [0.15, 0.2) is 12.4 Å². The second-order valence-electron chi connectivity index (χ2n) is 5.22. The van der Waals surface area contributed by atoms with E-state index in [9.17, 15) is 0 Å². The van der Waals surface area contributed by atoms with Gasteiger partial charge < -0.3 is 10.6 Å². The summed E-state index contributed by atoms with van der Waals surface area (Å²) in [5, 5.41) is 6.66. The molecule has 2 rings (SSSR count). The number of aromatic nitrogens is 2. The Morgan fingerprint density at radius 2 is 1.89 bits per heavy atom. The lowest BCUT2D eigenvalue weighted by Gasteiger charge is -2.28. The molecule has 4 heteroatoms. The van der Waals surface area contributed by atoms with Gasteiger partial charge in [-0.15, -0.1) is 0 Å². The van der Waals surface area contributed by atoms with E-state index < -0.39 is 0 Å². The zero-order chi connectivity index (χ0) is 12.8. The van der Waals surface area contributed by atoms with Crippen LogP contribution in [-0.2, 0) is 0 Å². The Bertz CT molecular complexity index is 367. The smallest absolute Gasteiger partial charge is 0.131 e. The molecular weight excluding hydrogens is 224 g/mol. The van der Waals surface area contributed by atoms with Gasteiger partial charge in [-0.25, -0.2) is 9.97 Å². The third-order valence-electron chi connectivity index (χ3n) is 3.86. The molecule has 4 nitrogen and oxygen atoms in total. The lowest BCUT2D eigenvalue weighted by atomic mass is 9.80. The molecule has 2 atom stereocenters. The average Bonchev–Trinajstić information content (AvgIpc) is 2.39. The van der Waals surface area contributed by atoms with Gasteiger partial charge in [0.1, 0.15) is 18.0 Å². The largest absolute Gasteiger partial charge is 0.370 e. The van der Waals surface area contributed by atoms with E-state index in [4.69, 9.17) is 0 Å². The Morgan fingerprint density at radius 3 is 2.61 bits per heavy atom. The molecule has 0 radical (unpaired) electrons. The van der Waals surface area contributed by atoms with E-state index in [0.29, 0.717) is 0 Å². The SMILES string of the molecule is CCNc1cc(NCC2CCCCC2C)ncn1. The molecule has 18 heavy (non-hydrogen) atoms. The lowest BCUT2D eigenvalue weighted by molar-refractivity contribution is 0.268. The minimum atomic E-state index is 0.788. The first-order chi connectivity index (χ1) is 8.79. The van der Waals surface area contributed by atoms with Crippen molar-refractivity contribution in [3.05, 3.63) is 12.4 Å². The molecule has 2 unspecified atom stereocenters. The molecule has 1 heterocycles. The topological polar surface area (TPSA) is 49.8 Å². The number of anilines is 2. The summed E-state index contributed by atoms with van der Waals surface area (Å²) in [6.07, 6.45) is 7.11. The van der Waals surface area contributed by atoms with E-state index in [0.717, 1.165) is 36.6 Å². The van der Waals surface area contributed by atoms with Crippen LogP contribution >= 0.6 is 0 Å². The highest BCUT2D eigenvalue weighted by atomic mass is 15.1. The van der Waals surface area contributed by atoms with Gasteiger partial charge in [-0.05, 0) is 25.2 Å². The van der Waals surface area contributed by atoms with Crippen LogP contribution in [-0.4, -0.2) is 23.1 Å². The van der Waals surface area contributed by atoms with Crippen LogP contribution in [0.1, 0.15) is 39.5 Å². The molecule has 100 valence electrons. The second kappa shape index (κ2) is 6.57. The van der Waals surface area contributed by atoms with Crippen LogP contribution < -0.4 is 10.6 Å². The van der Waals surface area contributed by atoms with Gasteiger partial charge in [0.15, 0.2) is 0 Å². The minimum Gasteiger partial charge on any atom is -0.370 e. The fourth-order valence-electron chi connectivity index (χ4n) is 2.66. The highest BCUT2D eigenvalue weighted by molar-refractivity contribution is 5.46. The van der Waals surface area contributed by atoms with Crippen molar-refractivity contribution in [2.75, 3.05) is 23.7 Å². The number of nitrogens with zero attached hydrogens (tertiary/aromatic N) is 2. The molecule has 0 aromatic carbocycles. The van der Waals surface area contributed by atoms with Gasteiger partial charge in [-0.3, -0.25) is 0 Å². The van der Waals surface area contributed by atoms with Crippen LogP contribution in [0.3, 0.4) is 0 Å². The molecular formula is C14H24N4. The molecule has 1 aromatic rings. The van der Waals surface area contributed by atoms with Gasteiger partial charge in [0.2, 0.25) is 0 Å². The van der Waals surface area contributed by atoms with Crippen molar-refractivity contribution in [2.45, 2.75) is 39.5 Å². The minimum absolute atomic E-state index is 0.788. The van der Waals surface area contributed by atoms with Crippen molar-refractivity contribution in [3.8, 4) is 0 Å². The maximum atomic E-state index is 4.27. The van der Waals surface area contributed by atoms with E-state index in [1.54, 1.807) is 6.33 Å². The van der Waals surface area contributed by atoms with E-state index in [2.05, 4.69) is 34.4 Å².